The molecule has 0 bridgehead atoms. The van der Waals surface area contributed by atoms with E-state index in [1.54, 1.807) is 48.9 Å². The number of nitrogen functional groups attached to an aromatic ring is 2. The number of benzene rings is 3. The molecule has 7 aromatic rings. The van der Waals surface area contributed by atoms with Crippen LogP contribution in [-0.4, -0.2) is 133 Å². The lowest BCUT2D eigenvalue weighted by molar-refractivity contribution is -0.384. The Labute approximate surface area is 531 Å². The van der Waals surface area contributed by atoms with Gasteiger partial charge in [0.05, 0.1) is 45.5 Å². The molecule has 3 aromatic carbocycles. The number of nitro groups is 1. The lowest BCUT2D eigenvalue weighted by atomic mass is 9.72. The fraction of sp³-hybridized carbons (Fsp3) is 0.413. The predicted molar refractivity (Wildman–Crippen MR) is 349 cm³/mol. The van der Waals surface area contributed by atoms with E-state index in [-0.39, 0.29) is 51.7 Å². The predicted octanol–water partition coefficient (Wildman–Crippen LogP) is 10.8. The minimum Gasteiger partial charge on any atom is -0.455 e. The van der Waals surface area contributed by atoms with Crippen molar-refractivity contribution < 1.29 is 32.3 Å². The van der Waals surface area contributed by atoms with Crippen LogP contribution in [0.5, 0.6) is 11.5 Å². The summed E-state index contributed by atoms with van der Waals surface area (Å²) in [4.78, 5) is 53.1. The number of amides is 1. The summed E-state index contributed by atoms with van der Waals surface area (Å²) in [6, 6.07) is 22.3. The molecule has 4 saturated heterocycles. The van der Waals surface area contributed by atoms with Crippen molar-refractivity contribution in [2.45, 2.75) is 92.7 Å². The van der Waals surface area contributed by atoms with Crippen molar-refractivity contribution in [1.82, 2.24) is 34.5 Å². The van der Waals surface area contributed by atoms with Gasteiger partial charge < -0.3 is 51.5 Å². The Morgan fingerprint density at radius 2 is 1.67 bits per heavy atom. The first-order valence-electron chi connectivity index (χ1n) is 29.9. The molecule has 4 aromatic heterocycles. The van der Waals surface area contributed by atoms with Crippen LogP contribution in [0.25, 0.3) is 16.6 Å². The number of rotatable bonds is 16. The molecule has 5 aliphatic rings. The molecule has 1 aliphatic carbocycles. The smallest absolute Gasteiger partial charge is 0.293 e. The Hall–Kier alpha value is -7.29. The number of hydrogen-bond acceptors (Lipinski definition) is 20. The number of ether oxygens (including phenoxy) is 3. The average molecular weight is 1290 g/mol. The number of halogens is 2. The standard InChI is InChI=1S/C45H50ClN7O7S.C18H24ClN7OS/c1-45(2)15-11-33(39(26-45)31-3-5-34(46)6-4-31)29-51-17-19-52(20-18-51)35-7-9-38(42(24-35)60-36-23-32-12-16-47-43(32)49-28-36)44(54)50-61(57,58)37-8-10-40(41(25-37)53(55)56)48-27-30-13-21-59-22-14-30;1-10-14(20)18(9-27-10)3-6-26(7-4-18)12-8-24-17(16(22)25-12)28-11-2-5-23-15(21)13(11)19/h3-10,12,16,23-25,28,30,48H,11,13-15,17-22,26-27,29H2,1-2H3,(H,47,49)(H,50,54);2,5,8,10,14H,3-4,6-7,9,20H2,1H3,(H2,21,23)(H2,22,25). The highest BCUT2D eigenvalue weighted by atomic mass is 35.5. The van der Waals surface area contributed by atoms with Gasteiger partial charge in [0.25, 0.3) is 21.6 Å². The molecule has 22 nitrogen and oxygen atoms in total. The number of sulfonamides is 1. The molecule has 4 fully saturated rings. The van der Waals surface area contributed by atoms with Crippen LogP contribution in [-0.2, 0) is 19.5 Å². The molecule has 470 valence electrons. The second kappa shape index (κ2) is 27.0. The lowest BCUT2D eigenvalue weighted by Crippen LogP contribution is -2.50. The first-order chi connectivity index (χ1) is 42.7. The first kappa shape index (κ1) is 63.3. The third kappa shape index (κ3) is 14.8. The van der Waals surface area contributed by atoms with Gasteiger partial charge in [0.2, 0.25) is 0 Å². The van der Waals surface area contributed by atoms with Crippen LogP contribution in [0.2, 0.25) is 10.0 Å². The lowest BCUT2D eigenvalue weighted by Gasteiger charge is -2.41. The van der Waals surface area contributed by atoms with Crippen LogP contribution < -0.4 is 41.8 Å². The molecule has 1 amide bonds. The van der Waals surface area contributed by atoms with E-state index >= 15 is 0 Å². The third-order valence-electron chi connectivity index (χ3n) is 17.7. The van der Waals surface area contributed by atoms with Crippen molar-refractivity contribution in [3.63, 3.8) is 0 Å². The van der Waals surface area contributed by atoms with Crippen LogP contribution in [0.1, 0.15) is 81.6 Å². The number of carbonyl (C=O) groups excluding carboxylic acids is 1. The van der Waals surface area contributed by atoms with E-state index < -0.39 is 31.4 Å². The summed E-state index contributed by atoms with van der Waals surface area (Å²) in [5.41, 5.74) is 23.9. The quantitative estimate of drug-likeness (QED) is 0.0387. The van der Waals surface area contributed by atoms with E-state index in [0.717, 1.165) is 130 Å². The van der Waals surface area contributed by atoms with Gasteiger partial charge in [-0.3, -0.25) is 19.8 Å². The summed E-state index contributed by atoms with van der Waals surface area (Å²) in [6.45, 7) is 14.9. The maximum Gasteiger partial charge on any atom is 0.293 e. The second-order valence-corrected chi connectivity index (χ2v) is 27.8. The first-order valence-corrected chi connectivity index (χ1v) is 32.9. The molecular formula is C63H74Cl2N14O8S2. The molecule has 9 N–H and O–H groups in total. The number of nitrogens with one attached hydrogen (secondary N) is 3. The minimum absolute atomic E-state index is 0.0359. The van der Waals surface area contributed by atoms with Crippen molar-refractivity contribution in [3.05, 3.63) is 141 Å². The van der Waals surface area contributed by atoms with E-state index in [9.17, 15) is 23.3 Å². The summed E-state index contributed by atoms with van der Waals surface area (Å²) < 4.78 is 47.0. The third-order valence-corrected chi connectivity index (χ3v) is 20.9. The van der Waals surface area contributed by atoms with Crippen LogP contribution in [0.15, 0.2) is 124 Å². The van der Waals surface area contributed by atoms with Gasteiger partial charge in [-0.15, -0.1) is 0 Å². The molecule has 12 rings (SSSR count). The van der Waals surface area contributed by atoms with Crippen LogP contribution in [0, 0.1) is 26.9 Å². The summed E-state index contributed by atoms with van der Waals surface area (Å²) in [5, 5.41) is 17.7. The topological polar surface area (TPSA) is 301 Å². The maximum atomic E-state index is 13.9. The van der Waals surface area contributed by atoms with Gasteiger partial charge in [-0.05, 0) is 129 Å². The van der Waals surface area contributed by atoms with Crippen molar-refractivity contribution in [2.24, 2.45) is 22.5 Å². The number of allylic oxidation sites excluding steroid dienone is 1. The monoisotopic (exact) mass is 1290 g/mol. The van der Waals surface area contributed by atoms with Gasteiger partial charge in [0.1, 0.15) is 39.5 Å². The minimum atomic E-state index is -4.55. The van der Waals surface area contributed by atoms with Crippen molar-refractivity contribution in [2.75, 3.05) is 98.8 Å². The largest absolute Gasteiger partial charge is 0.455 e. The highest BCUT2D eigenvalue weighted by Gasteiger charge is 2.48. The molecule has 8 heterocycles. The summed E-state index contributed by atoms with van der Waals surface area (Å²) in [5.74, 6) is 1.22. The number of nitrogens with zero attached hydrogens (tertiary/aromatic N) is 8. The van der Waals surface area contributed by atoms with E-state index in [0.29, 0.717) is 47.0 Å². The van der Waals surface area contributed by atoms with E-state index in [4.69, 9.17) is 54.6 Å². The number of anilines is 5. The number of nitrogens with two attached hydrogens (primary N) is 3. The number of piperidine rings is 1. The molecule has 2 unspecified atom stereocenters. The van der Waals surface area contributed by atoms with Gasteiger partial charge in [-0.1, -0.05) is 66.5 Å². The summed E-state index contributed by atoms with van der Waals surface area (Å²) in [7, 11) is -4.55. The Morgan fingerprint density at radius 3 is 2.39 bits per heavy atom. The van der Waals surface area contributed by atoms with Crippen molar-refractivity contribution in [3.8, 4) is 11.5 Å². The van der Waals surface area contributed by atoms with Crippen molar-refractivity contribution >= 4 is 102 Å². The summed E-state index contributed by atoms with van der Waals surface area (Å²) >= 11 is 13.8. The maximum absolute atomic E-state index is 13.9. The number of piperazine rings is 1. The molecule has 2 atom stereocenters. The Kier molecular flexibility index (Phi) is 19.2. The van der Waals surface area contributed by atoms with Gasteiger partial charge in [0.15, 0.2) is 5.82 Å². The number of H-pyrrole nitrogens is 1. The second-order valence-electron chi connectivity index (χ2n) is 24.3. The Morgan fingerprint density at radius 1 is 0.910 bits per heavy atom. The van der Waals surface area contributed by atoms with Crippen LogP contribution in [0.4, 0.5) is 34.5 Å². The number of hydrogen-bond donors (Lipinski definition) is 6. The van der Waals surface area contributed by atoms with Crippen LogP contribution in [0.3, 0.4) is 0 Å². The normalized spacial score (nSPS) is 19.7. The molecule has 26 heteroatoms. The van der Waals surface area contributed by atoms with E-state index in [1.807, 2.05) is 18.2 Å². The Bertz CT molecular complexity index is 3870. The average Bonchev–Trinajstić information content (AvgIpc) is 2.14. The number of aromatic nitrogens is 5. The number of aromatic amines is 1. The molecule has 1 spiro atoms. The summed E-state index contributed by atoms with van der Waals surface area (Å²) in [6.07, 6.45) is 13.6. The molecule has 89 heavy (non-hydrogen) atoms. The van der Waals surface area contributed by atoms with Crippen LogP contribution >= 0.6 is 35.0 Å². The molecule has 0 saturated carbocycles. The number of fused-ring (bicyclic) bond motifs is 1. The molecular weight excluding hydrogens is 1220 g/mol. The van der Waals surface area contributed by atoms with Gasteiger partial charge in [-0.2, -0.15) is 0 Å². The van der Waals surface area contributed by atoms with Gasteiger partial charge >= 0.3 is 0 Å². The number of pyridine rings is 2. The van der Waals surface area contributed by atoms with Gasteiger partial charge in [-0.25, -0.2) is 33.1 Å². The number of carbonyl (C=O) groups is 1. The number of nitro benzene ring substituents is 1. The fourth-order valence-electron chi connectivity index (χ4n) is 12.3. The van der Waals surface area contributed by atoms with E-state index in [1.165, 1.54) is 46.8 Å². The zero-order chi connectivity index (χ0) is 62.6. The van der Waals surface area contributed by atoms with Crippen molar-refractivity contribution in [1.29, 1.82) is 0 Å². The van der Waals surface area contributed by atoms with E-state index in [2.05, 4.69) is 82.6 Å². The SMILES string of the molecule is CC1(C)CCC(CN2CCN(c3ccc(C(=O)NS(=O)(=O)c4ccc(NCC5CCOCC5)c([N+](=O)[O-])c4)c(Oc4cnc5[nH]ccc5c4)c3)CC2)=C(c2ccc(Cl)cc2)C1.CC1OCC2(CCN(c3cnc(Sc4ccnc(N)c4Cl)c(N)n3)CC2)C1N. The highest BCUT2D eigenvalue weighted by Crippen LogP contribution is 2.45. The zero-order valence-corrected chi connectivity index (χ0v) is 53.1. The fourth-order valence-corrected chi connectivity index (χ4v) is 14.4. The molecule has 0 radical (unpaired) electrons. The highest BCUT2D eigenvalue weighted by molar-refractivity contribution is 7.99. The zero-order valence-electron chi connectivity index (χ0n) is 49.9. The molecule has 4 aliphatic heterocycles. The van der Waals surface area contributed by atoms with Gasteiger partial charge in [0, 0.05) is 123 Å². The Balaban J connectivity index is 0.000000242.